The van der Waals surface area contributed by atoms with Crippen LogP contribution in [0.1, 0.15) is 6.42 Å². The van der Waals surface area contributed by atoms with Crippen molar-refractivity contribution in [3.63, 3.8) is 0 Å². The number of ether oxygens (including phenoxy) is 1. The number of anilines is 1. The van der Waals surface area contributed by atoms with Gasteiger partial charge in [-0.2, -0.15) is 0 Å². The lowest BCUT2D eigenvalue weighted by Gasteiger charge is -2.37. The molecule has 0 aliphatic carbocycles. The van der Waals surface area contributed by atoms with Crippen molar-refractivity contribution < 1.29 is 4.74 Å². The van der Waals surface area contributed by atoms with Crippen LogP contribution >= 0.6 is 11.6 Å². The molecule has 1 unspecified atom stereocenters. The summed E-state index contributed by atoms with van der Waals surface area (Å²) in [5.74, 6) is 0. The molecule has 3 nitrogen and oxygen atoms in total. The van der Waals surface area contributed by atoms with Gasteiger partial charge in [-0.1, -0.05) is 17.7 Å². The summed E-state index contributed by atoms with van der Waals surface area (Å²) in [7, 11) is 1.98. The van der Waals surface area contributed by atoms with Crippen molar-refractivity contribution in [1.29, 1.82) is 0 Å². The van der Waals surface area contributed by atoms with Gasteiger partial charge in [-0.05, 0) is 38.2 Å². The first kappa shape index (κ1) is 12.7. The van der Waals surface area contributed by atoms with Crippen LogP contribution in [0.3, 0.4) is 0 Å². The normalized spacial score (nSPS) is 20.6. The van der Waals surface area contributed by atoms with Gasteiger partial charge in [0, 0.05) is 17.3 Å². The van der Waals surface area contributed by atoms with E-state index in [9.17, 15) is 0 Å². The Labute approximate surface area is 108 Å². The van der Waals surface area contributed by atoms with Crippen LogP contribution in [0, 0.1) is 0 Å². The molecule has 0 bridgehead atoms. The zero-order chi connectivity index (χ0) is 12.1. The molecule has 0 saturated carbocycles. The Balaban J connectivity index is 2.10. The first-order valence-electron chi connectivity index (χ1n) is 6.06. The van der Waals surface area contributed by atoms with E-state index in [4.69, 9.17) is 16.3 Å². The summed E-state index contributed by atoms with van der Waals surface area (Å²) in [6.45, 7) is 3.54. The van der Waals surface area contributed by atoms with Crippen LogP contribution in [0.2, 0.25) is 5.02 Å². The molecular weight excluding hydrogens is 236 g/mol. The van der Waals surface area contributed by atoms with E-state index >= 15 is 0 Å². The summed E-state index contributed by atoms with van der Waals surface area (Å²) < 4.78 is 5.56. The van der Waals surface area contributed by atoms with Crippen LogP contribution in [0.25, 0.3) is 0 Å². The number of rotatable bonds is 4. The van der Waals surface area contributed by atoms with Gasteiger partial charge in [-0.25, -0.2) is 0 Å². The number of halogens is 1. The molecule has 1 aromatic carbocycles. The summed E-state index contributed by atoms with van der Waals surface area (Å²) in [6, 6.07) is 8.49. The minimum absolute atomic E-state index is 0.440. The quantitative estimate of drug-likeness (QED) is 0.891. The van der Waals surface area contributed by atoms with Crippen LogP contribution in [0.5, 0.6) is 0 Å². The predicted molar refractivity (Wildman–Crippen MR) is 71.9 cm³/mol. The van der Waals surface area contributed by atoms with Crippen LogP contribution in [-0.4, -0.2) is 39.4 Å². The number of benzene rings is 1. The average molecular weight is 255 g/mol. The van der Waals surface area contributed by atoms with Gasteiger partial charge in [0.15, 0.2) is 0 Å². The topological polar surface area (TPSA) is 24.5 Å². The second-order valence-corrected chi connectivity index (χ2v) is 4.73. The molecule has 1 fully saturated rings. The minimum Gasteiger partial charge on any atom is -0.377 e. The van der Waals surface area contributed by atoms with Crippen LogP contribution < -0.4 is 10.2 Å². The highest BCUT2D eigenvalue weighted by atomic mass is 35.5. The maximum Gasteiger partial charge on any atom is 0.0671 e. The number of hydrogen-bond donors (Lipinski definition) is 1. The lowest BCUT2D eigenvalue weighted by atomic mass is 10.1. The molecule has 2 rings (SSSR count). The lowest BCUT2D eigenvalue weighted by molar-refractivity contribution is 0.0917. The van der Waals surface area contributed by atoms with Crippen LogP contribution in [0.4, 0.5) is 5.69 Å². The third kappa shape index (κ3) is 3.35. The smallest absolute Gasteiger partial charge is 0.0671 e. The summed E-state index contributed by atoms with van der Waals surface area (Å²) >= 11 is 6.05. The van der Waals surface area contributed by atoms with Crippen LogP contribution in [-0.2, 0) is 4.74 Å². The Hall–Kier alpha value is -0.770. The van der Waals surface area contributed by atoms with E-state index in [0.717, 1.165) is 37.7 Å². The SMILES string of the molecule is CNCCC1COCCN1c1cccc(Cl)c1. The molecule has 4 heteroatoms. The van der Waals surface area contributed by atoms with E-state index < -0.39 is 0 Å². The zero-order valence-corrected chi connectivity index (χ0v) is 10.9. The molecule has 1 aliphatic heterocycles. The van der Waals surface area contributed by atoms with E-state index in [1.54, 1.807) is 0 Å². The van der Waals surface area contributed by atoms with Crippen molar-refractivity contribution in [2.45, 2.75) is 12.5 Å². The maximum atomic E-state index is 6.05. The summed E-state index contributed by atoms with van der Waals surface area (Å²) in [5.41, 5.74) is 1.20. The second kappa shape index (κ2) is 6.24. The van der Waals surface area contributed by atoms with Crippen molar-refractivity contribution in [2.24, 2.45) is 0 Å². The molecule has 0 radical (unpaired) electrons. The van der Waals surface area contributed by atoms with Crippen molar-refractivity contribution in [3.8, 4) is 0 Å². The fraction of sp³-hybridized carbons (Fsp3) is 0.538. The monoisotopic (exact) mass is 254 g/mol. The third-order valence-electron chi connectivity index (χ3n) is 3.09. The number of morpholine rings is 1. The first-order chi connectivity index (χ1) is 8.31. The van der Waals surface area contributed by atoms with Gasteiger partial charge >= 0.3 is 0 Å². The standard InChI is InChI=1S/C13H19ClN2O/c1-15-6-5-13-10-17-8-7-16(13)12-4-2-3-11(14)9-12/h2-4,9,13,15H,5-8,10H2,1H3. The van der Waals surface area contributed by atoms with Gasteiger partial charge in [-0.3, -0.25) is 0 Å². The Bertz CT molecular complexity index is 359. The molecule has 0 amide bonds. The molecule has 1 saturated heterocycles. The van der Waals surface area contributed by atoms with Crippen molar-refractivity contribution in [3.05, 3.63) is 29.3 Å². The van der Waals surface area contributed by atoms with Gasteiger partial charge < -0.3 is 15.0 Å². The van der Waals surface area contributed by atoms with E-state index in [2.05, 4.69) is 16.3 Å². The van der Waals surface area contributed by atoms with E-state index in [1.165, 1.54) is 5.69 Å². The molecular formula is C13H19ClN2O. The van der Waals surface area contributed by atoms with Crippen molar-refractivity contribution in [2.75, 3.05) is 38.3 Å². The summed E-state index contributed by atoms with van der Waals surface area (Å²) in [6.07, 6.45) is 1.09. The predicted octanol–water partition coefficient (Wildman–Crippen LogP) is 2.15. The third-order valence-corrected chi connectivity index (χ3v) is 3.33. The second-order valence-electron chi connectivity index (χ2n) is 4.29. The Morgan fingerprint density at radius 3 is 3.18 bits per heavy atom. The van der Waals surface area contributed by atoms with Gasteiger partial charge in [0.25, 0.3) is 0 Å². The van der Waals surface area contributed by atoms with Gasteiger partial charge in [-0.15, -0.1) is 0 Å². The van der Waals surface area contributed by atoms with E-state index in [0.29, 0.717) is 6.04 Å². The highest BCUT2D eigenvalue weighted by Crippen LogP contribution is 2.24. The van der Waals surface area contributed by atoms with Gasteiger partial charge in [0.1, 0.15) is 0 Å². The molecule has 1 heterocycles. The fourth-order valence-electron chi connectivity index (χ4n) is 2.20. The molecule has 94 valence electrons. The van der Waals surface area contributed by atoms with E-state index in [-0.39, 0.29) is 0 Å². The molecule has 1 aliphatic rings. The molecule has 1 N–H and O–H groups in total. The summed E-state index contributed by atoms with van der Waals surface area (Å²) in [4.78, 5) is 2.40. The first-order valence-corrected chi connectivity index (χ1v) is 6.43. The number of nitrogens with zero attached hydrogens (tertiary/aromatic N) is 1. The molecule has 0 spiro atoms. The van der Waals surface area contributed by atoms with Crippen LogP contribution in [0.15, 0.2) is 24.3 Å². The highest BCUT2D eigenvalue weighted by Gasteiger charge is 2.22. The zero-order valence-electron chi connectivity index (χ0n) is 10.2. The Kier molecular flexibility index (Phi) is 4.66. The highest BCUT2D eigenvalue weighted by molar-refractivity contribution is 6.30. The number of nitrogens with one attached hydrogen (secondary N) is 1. The van der Waals surface area contributed by atoms with E-state index in [1.807, 2.05) is 25.2 Å². The van der Waals surface area contributed by atoms with Crippen molar-refractivity contribution >= 4 is 17.3 Å². The van der Waals surface area contributed by atoms with Gasteiger partial charge in [0.05, 0.1) is 19.3 Å². The average Bonchev–Trinajstić information content (AvgIpc) is 2.37. The molecule has 17 heavy (non-hydrogen) atoms. The minimum atomic E-state index is 0.440. The lowest BCUT2D eigenvalue weighted by Crippen LogP contribution is -2.46. The van der Waals surface area contributed by atoms with Crippen molar-refractivity contribution in [1.82, 2.24) is 5.32 Å². The molecule has 1 aromatic rings. The number of hydrogen-bond acceptors (Lipinski definition) is 3. The maximum absolute atomic E-state index is 6.05. The summed E-state index contributed by atoms with van der Waals surface area (Å²) in [5, 5.41) is 3.98. The fourth-order valence-corrected chi connectivity index (χ4v) is 2.38. The molecule has 0 aromatic heterocycles. The largest absolute Gasteiger partial charge is 0.377 e. The van der Waals surface area contributed by atoms with Gasteiger partial charge in [0.2, 0.25) is 0 Å². The molecule has 1 atom stereocenters. The Morgan fingerprint density at radius 2 is 2.41 bits per heavy atom. The Morgan fingerprint density at radius 1 is 1.53 bits per heavy atom.